The van der Waals surface area contributed by atoms with Crippen molar-refractivity contribution in [3.63, 3.8) is 0 Å². The Hall–Kier alpha value is -1.50. The molecule has 0 aromatic carbocycles. The molecule has 0 saturated heterocycles. The second-order valence-corrected chi connectivity index (χ2v) is 2.83. The van der Waals surface area contributed by atoms with Crippen molar-refractivity contribution in [3.8, 4) is 0 Å². The van der Waals surface area contributed by atoms with Crippen molar-refractivity contribution in [3.05, 3.63) is 34.0 Å². The molecule has 1 N–H and O–H groups in total. The monoisotopic (exact) mass is 141 g/mol. The van der Waals surface area contributed by atoms with Gasteiger partial charge in [0.15, 0.2) is 0 Å². The second-order valence-electron chi connectivity index (χ2n) is 2.83. The molecule has 0 radical (unpaired) electrons. The molecule has 2 aliphatic carbocycles. The van der Waals surface area contributed by atoms with Gasteiger partial charge in [-0.25, -0.2) is 0 Å². The van der Waals surface area contributed by atoms with Gasteiger partial charge in [0.1, 0.15) is 0 Å². The maximum absolute atomic E-state index is 3.34. The van der Waals surface area contributed by atoms with Crippen molar-refractivity contribution in [1.29, 1.82) is 0 Å². The first-order chi connectivity index (χ1) is 5.45. The molecule has 0 unspecified atom stereocenters. The van der Waals surface area contributed by atoms with E-state index in [4.69, 9.17) is 0 Å². The van der Waals surface area contributed by atoms with E-state index in [-0.39, 0.29) is 0 Å². The summed E-state index contributed by atoms with van der Waals surface area (Å²) >= 11 is 0. The second kappa shape index (κ2) is 1.56. The van der Waals surface area contributed by atoms with Crippen molar-refractivity contribution >= 4 is 24.3 Å². The van der Waals surface area contributed by atoms with Crippen LogP contribution in [0, 0.1) is 0 Å². The number of fused-ring (bicyclic) bond motifs is 3. The lowest BCUT2D eigenvalue weighted by molar-refractivity contribution is 1.27. The molecular weight excluding hydrogens is 134 g/mol. The third-order valence-electron chi connectivity index (χ3n) is 2.19. The van der Waals surface area contributed by atoms with Crippen LogP contribution in [0.5, 0.6) is 0 Å². The van der Waals surface area contributed by atoms with E-state index in [9.17, 15) is 0 Å². The standard InChI is InChI=1S/C10H7N/c1-3-7-8-4-2-6-10(8)11-9(7)5-1/h1-6,11H. The summed E-state index contributed by atoms with van der Waals surface area (Å²) in [5, 5.41) is 2.49. The molecule has 1 heteroatoms. The Labute approximate surface area is 64.1 Å². The van der Waals surface area contributed by atoms with Gasteiger partial charge in [0.05, 0.1) is 0 Å². The third kappa shape index (κ3) is 0.511. The van der Waals surface area contributed by atoms with Gasteiger partial charge in [-0.15, -0.1) is 0 Å². The zero-order valence-electron chi connectivity index (χ0n) is 5.96. The number of aromatic amines is 1. The average Bonchev–Trinajstić information content (AvgIpc) is 2.52. The van der Waals surface area contributed by atoms with Crippen molar-refractivity contribution in [2.75, 3.05) is 0 Å². The largest absolute Gasteiger partial charge is 0.355 e. The number of allylic oxidation sites excluding steroid dienone is 2. The van der Waals surface area contributed by atoms with Crippen LogP contribution < -0.4 is 10.7 Å². The quantitative estimate of drug-likeness (QED) is 0.545. The van der Waals surface area contributed by atoms with E-state index in [1.807, 2.05) is 0 Å². The number of hydrogen-bond acceptors (Lipinski definition) is 0. The first kappa shape index (κ1) is 5.19. The fourth-order valence-corrected chi connectivity index (χ4v) is 1.67. The molecule has 0 atom stereocenters. The normalized spacial score (nSPS) is 16.0. The zero-order chi connectivity index (χ0) is 7.26. The molecule has 52 valence electrons. The SMILES string of the molecule is C1=Cc2c3c([nH]c2=C1)=CC=C3. The molecule has 11 heavy (non-hydrogen) atoms. The molecule has 0 saturated carbocycles. The van der Waals surface area contributed by atoms with Crippen LogP contribution in [0.1, 0.15) is 11.1 Å². The van der Waals surface area contributed by atoms with Gasteiger partial charge in [-0.2, -0.15) is 0 Å². The fourth-order valence-electron chi connectivity index (χ4n) is 1.67. The third-order valence-corrected chi connectivity index (χ3v) is 2.19. The molecule has 0 amide bonds. The van der Waals surface area contributed by atoms with Crippen LogP contribution in [0.3, 0.4) is 0 Å². The van der Waals surface area contributed by atoms with Crippen LogP contribution in [-0.4, -0.2) is 4.98 Å². The molecule has 0 spiro atoms. The highest BCUT2D eigenvalue weighted by Crippen LogP contribution is 2.10. The number of aromatic nitrogens is 1. The first-order valence-corrected chi connectivity index (χ1v) is 3.74. The van der Waals surface area contributed by atoms with Gasteiger partial charge >= 0.3 is 0 Å². The Kier molecular flexibility index (Phi) is 0.737. The number of nitrogens with one attached hydrogen (secondary N) is 1. The smallest absolute Gasteiger partial charge is 0.0464 e. The summed E-state index contributed by atoms with van der Waals surface area (Å²) in [6, 6.07) is 0. The van der Waals surface area contributed by atoms with Crippen LogP contribution in [0.25, 0.3) is 24.3 Å². The minimum atomic E-state index is 1.25. The lowest BCUT2D eigenvalue weighted by Crippen LogP contribution is -2.08. The molecule has 3 rings (SSSR count). The minimum absolute atomic E-state index is 1.25. The van der Waals surface area contributed by atoms with Crippen molar-refractivity contribution in [1.82, 2.24) is 4.98 Å². The van der Waals surface area contributed by atoms with E-state index < -0.39 is 0 Å². The molecule has 0 fully saturated rings. The van der Waals surface area contributed by atoms with E-state index in [0.29, 0.717) is 0 Å². The Balaban J connectivity index is 2.60. The van der Waals surface area contributed by atoms with Crippen molar-refractivity contribution in [2.45, 2.75) is 0 Å². The van der Waals surface area contributed by atoms with E-state index in [0.717, 1.165) is 0 Å². The van der Waals surface area contributed by atoms with Gasteiger partial charge in [0, 0.05) is 21.8 Å². The summed E-state index contributed by atoms with van der Waals surface area (Å²) in [5.41, 5.74) is 2.68. The predicted molar refractivity (Wildman–Crippen MR) is 47.0 cm³/mol. The average molecular weight is 141 g/mol. The van der Waals surface area contributed by atoms with Gasteiger partial charge in [-0.1, -0.05) is 24.3 Å². The van der Waals surface area contributed by atoms with Crippen LogP contribution >= 0.6 is 0 Å². The van der Waals surface area contributed by atoms with Crippen LogP contribution in [0.4, 0.5) is 0 Å². The lowest BCUT2D eigenvalue weighted by atomic mass is 10.2. The minimum Gasteiger partial charge on any atom is -0.355 e. The van der Waals surface area contributed by atoms with Crippen molar-refractivity contribution < 1.29 is 0 Å². The van der Waals surface area contributed by atoms with Gasteiger partial charge in [0.25, 0.3) is 0 Å². The summed E-state index contributed by atoms with van der Waals surface area (Å²) in [5.74, 6) is 0. The maximum atomic E-state index is 3.34. The molecule has 0 bridgehead atoms. The molecule has 1 heterocycles. The van der Waals surface area contributed by atoms with Crippen molar-refractivity contribution in [2.24, 2.45) is 0 Å². The molecule has 0 aliphatic heterocycles. The summed E-state index contributed by atoms with van der Waals surface area (Å²) in [4.78, 5) is 3.34. The van der Waals surface area contributed by atoms with E-state index in [1.165, 1.54) is 21.8 Å². The fraction of sp³-hybridized carbons (Fsp3) is 0. The summed E-state index contributed by atoms with van der Waals surface area (Å²) in [6.45, 7) is 0. The highest BCUT2D eigenvalue weighted by molar-refractivity contribution is 5.78. The highest BCUT2D eigenvalue weighted by Gasteiger charge is 2.07. The van der Waals surface area contributed by atoms with Crippen LogP contribution in [-0.2, 0) is 0 Å². The summed E-state index contributed by atoms with van der Waals surface area (Å²) in [7, 11) is 0. The molecule has 1 aromatic heterocycles. The number of H-pyrrole nitrogens is 1. The number of hydrogen-bond donors (Lipinski definition) is 1. The molecular formula is C10H7N. The van der Waals surface area contributed by atoms with Crippen LogP contribution in [0.15, 0.2) is 12.2 Å². The summed E-state index contributed by atoms with van der Waals surface area (Å²) in [6.07, 6.45) is 12.7. The summed E-state index contributed by atoms with van der Waals surface area (Å²) < 4.78 is 0. The Morgan fingerprint density at radius 1 is 0.818 bits per heavy atom. The van der Waals surface area contributed by atoms with E-state index in [2.05, 4.69) is 41.4 Å². The molecule has 1 aromatic rings. The zero-order valence-corrected chi connectivity index (χ0v) is 5.96. The highest BCUT2D eigenvalue weighted by atomic mass is 14.7. The Morgan fingerprint density at radius 3 is 1.91 bits per heavy atom. The Bertz CT molecular complexity index is 439. The molecule has 2 aliphatic rings. The van der Waals surface area contributed by atoms with E-state index in [1.54, 1.807) is 0 Å². The number of rotatable bonds is 0. The van der Waals surface area contributed by atoms with Gasteiger partial charge in [-0.3, -0.25) is 0 Å². The van der Waals surface area contributed by atoms with Crippen LogP contribution in [0.2, 0.25) is 0 Å². The van der Waals surface area contributed by atoms with Gasteiger partial charge in [0.2, 0.25) is 0 Å². The van der Waals surface area contributed by atoms with E-state index >= 15 is 0 Å². The topological polar surface area (TPSA) is 15.8 Å². The Morgan fingerprint density at radius 2 is 1.36 bits per heavy atom. The molecule has 1 nitrogen and oxygen atoms in total. The van der Waals surface area contributed by atoms with Gasteiger partial charge in [-0.05, 0) is 12.2 Å². The first-order valence-electron chi connectivity index (χ1n) is 3.74. The van der Waals surface area contributed by atoms with Gasteiger partial charge < -0.3 is 4.98 Å². The lowest BCUT2D eigenvalue weighted by Gasteiger charge is -1.83. The predicted octanol–water partition coefficient (Wildman–Crippen LogP) is 0.629. The maximum Gasteiger partial charge on any atom is 0.0464 e.